The van der Waals surface area contributed by atoms with E-state index in [4.69, 9.17) is 16.1 Å². The number of aryl methyl sites for hydroxylation is 3. The summed E-state index contributed by atoms with van der Waals surface area (Å²) in [5, 5.41) is 13.8. The van der Waals surface area contributed by atoms with Crippen LogP contribution in [-0.2, 0) is 19.3 Å². The fraction of sp³-hybridized carbons (Fsp3) is 0.227. The minimum Gasteiger partial charge on any atom is -0.370 e. The lowest BCUT2D eigenvalue weighted by Crippen LogP contribution is -2.20. The Morgan fingerprint density at radius 3 is 2.34 bits per heavy atom. The van der Waals surface area contributed by atoms with Gasteiger partial charge in [-0.15, -0.1) is 11.3 Å². The molecule has 0 aliphatic heterocycles. The highest BCUT2D eigenvalue weighted by Crippen LogP contribution is 2.23. The second-order valence-electron chi connectivity index (χ2n) is 6.79. The average molecular weight is 408 g/mol. The van der Waals surface area contributed by atoms with Gasteiger partial charge in [-0.05, 0) is 55.2 Å². The van der Waals surface area contributed by atoms with Crippen molar-refractivity contribution in [3.8, 4) is 0 Å². The predicted octanol–water partition coefficient (Wildman–Crippen LogP) is 3.49. The van der Waals surface area contributed by atoms with Crippen LogP contribution in [0.4, 0.5) is 5.69 Å². The first-order valence-electron chi connectivity index (χ1n) is 9.41. The van der Waals surface area contributed by atoms with E-state index in [2.05, 4.69) is 10.6 Å². The molecule has 7 heteroatoms. The molecule has 3 rings (SSSR count). The number of hydrogen-bond acceptors (Lipinski definition) is 4. The molecule has 0 atom stereocenters. The second kappa shape index (κ2) is 9.34. The van der Waals surface area contributed by atoms with Crippen LogP contribution in [0.1, 0.15) is 37.1 Å². The highest BCUT2D eigenvalue weighted by Gasteiger charge is 2.11. The first-order chi connectivity index (χ1) is 13.9. The quantitative estimate of drug-likeness (QED) is 0.355. The summed E-state index contributed by atoms with van der Waals surface area (Å²) in [6.45, 7) is 2.04. The van der Waals surface area contributed by atoms with Crippen LogP contribution in [0.3, 0.4) is 0 Å². The van der Waals surface area contributed by atoms with Crippen LogP contribution in [0.25, 0.3) is 0 Å². The van der Waals surface area contributed by atoms with Gasteiger partial charge >= 0.3 is 0 Å². The number of aromatic nitrogens is 1. The van der Waals surface area contributed by atoms with Gasteiger partial charge in [-0.2, -0.15) is 0 Å². The Balaban J connectivity index is 1.66. The molecule has 0 bridgehead atoms. The van der Waals surface area contributed by atoms with Crippen molar-refractivity contribution in [2.45, 2.75) is 26.2 Å². The summed E-state index contributed by atoms with van der Waals surface area (Å²) in [4.78, 5) is 17.7. The molecular formula is C22H25N5OS. The first kappa shape index (κ1) is 20.5. The van der Waals surface area contributed by atoms with Gasteiger partial charge in [-0.1, -0.05) is 24.3 Å². The zero-order valence-electron chi connectivity index (χ0n) is 16.6. The molecule has 1 aromatic heterocycles. The molecule has 0 fully saturated rings. The molecule has 3 aromatic rings. The van der Waals surface area contributed by atoms with E-state index in [0.717, 1.165) is 35.7 Å². The zero-order valence-corrected chi connectivity index (χ0v) is 17.4. The molecule has 0 unspecified atom stereocenters. The second-order valence-corrected chi connectivity index (χ2v) is 8.08. The van der Waals surface area contributed by atoms with Gasteiger partial charge in [0.05, 0.1) is 10.7 Å². The predicted molar refractivity (Wildman–Crippen MR) is 119 cm³/mol. The molecule has 0 saturated carbocycles. The molecular weight excluding hydrogens is 382 g/mol. The molecule has 0 aliphatic rings. The number of nitrogens with one attached hydrogen (secondary N) is 3. The van der Waals surface area contributed by atoms with Crippen molar-refractivity contribution in [3.05, 3.63) is 80.8 Å². The van der Waals surface area contributed by atoms with Gasteiger partial charge in [0, 0.05) is 29.6 Å². The number of hydrogen-bond donors (Lipinski definition) is 4. The number of carbonyl (C=O) groups excluding carboxylic acids is 1. The Morgan fingerprint density at radius 1 is 1.07 bits per heavy atom. The standard InChI is InChI=1S/C22H25N5OS/c1-14-26-19(12-7-15-5-10-18(11-6-15)27-22(23)24)20(29-14)13-16-3-8-17(9-4-16)21(28)25-2/h3-6,8-11H,7,12-13H2,1-2H3,(H,25,28)(H4,23,24,27). The van der Waals surface area contributed by atoms with Gasteiger partial charge in [0.15, 0.2) is 5.96 Å². The number of benzene rings is 2. The number of guanidine groups is 1. The van der Waals surface area contributed by atoms with E-state index in [1.165, 1.54) is 16.0 Å². The number of amides is 1. The Hall–Kier alpha value is -3.19. The lowest BCUT2D eigenvalue weighted by atomic mass is 10.0. The molecule has 0 saturated heterocycles. The molecule has 6 nitrogen and oxygen atoms in total. The van der Waals surface area contributed by atoms with Crippen LogP contribution in [0.5, 0.6) is 0 Å². The van der Waals surface area contributed by atoms with E-state index in [1.54, 1.807) is 18.4 Å². The minimum absolute atomic E-state index is 0.0660. The number of thiazole rings is 1. The maximum Gasteiger partial charge on any atom is 0.251 e. The van der Waals surface area contributed by atoms with Crippen molar-refractivity contribution in [2.24, 2.45) is 5.73 Å². The lowest BCUT2D eigenvalue weighted by Gasteiger charge is -2.07. The Bertz CT molecular complexity index is 993. The van der Waals surface area contributed by atoms with Crippen molar-refractivity contribution in [2.75, 3.05) is 12.4 Å². The summed E-state index contributed by atoms with van der Waals surface area (Å²) < 4.78 is 0. The van der Waals surface area contributed by atoms with Crippen molar-refractivity contribution in [1.82, 2.24) is 10.3 Å². The molecule has 1 amide bonds. The average Bonchev–Trinajstić information content (AvgIpc) is 3.06. The summed E-state index contributed by atoms with van der Waals surface area (Å²) >= 11 is 1.73. The van der Waals surface area contributed by atoms with Crippen molar-refractivity contribution >= 4 is 28.9 Å². The number of carbonyl (C=O) groups is 1. The summed E-state index contributed by atoms with van der Waals surface area (Å²) in [5.74, 6) is -0.140. The largest absolute Gasteiger partial charge is 0.370 e. The molecule has 1 heterocycles. The normalized spacial score (nSPS) is 10.6. The summed E-state index contributed by atoms with van der Waals surface area (Å²) in [5.41, 5.74) is 10.3. The Labute approximate surface area is 174 Å². The molecule has 0 aliphatic carbocycles. The van der Waals surface area contributed by atoms with Gasteiger partial charge in [0.2, 0.25) is 0 Å². The zero-order chi connectivity index (χ0) is 20.8. The van der Waals surface area contributed by atoms with E-state index in [1.807, 2.05) is 55.5 Å². The SMILES string of the molecule is CNC(=O)c1ccc(Cc2sc(C)nc2CCc2ccc(NC(=N)N)cc2)cc1. The number of anilines is 1. The summed E-state index contributed by atoms with van der Waals surface area (Å²) in [6.07, 6.45) is 2.58. The van der Waals surface area contributed by atoms with Gasteiger partial charge in [0.25, 0.3) is 5.91 Å². The molecule has 2 aromatic carbocycles. The maximum absolute atomic E-state index is 11.7. The van der Waals surface area contributed by atoms with Crippen molar-refractivity contribution in [3.63, 3.8) is 0 Å². The molecule has 29 heavy (non-hydrogen) atoms. The number of nitrogens with zero attached hydrogens (tertiary/aromatic N) is 1. The van der Waals surface area contributed by atoms with Crippen LogP contribution >= 0.6 is 11.3 Å². The van der Waals surface area contributed by atoms with Crippen molar-refractivity contribution < 1.29 is 4.79 Å². The number of nitrogens with two attached hydrogens (primary N) is 1. The van der Waals surface area contributed by atoms with Gasteiger partial charge in [-0.3, -0.25) is 10.2 Å². The van der Waals surface area contributed by atoms with Crippen LogP contribution in [-0.4, -0.2) is 23.9 Å². The smallest absolute Gasteiger partial charge is 0.251 e. The molecule has 150 valence electrons. The number of rotatable bonds is 7. The third-order valence-corrected chi connectivity index (χ3v) is 5.59. The monoisotopic (exact) mass is 407 g/mol. The highest BCUT2D eigenvalue weighted by molar-refractivity contribution is 7.11. The van der Waals surface area contributed by atoms with E-state index < -0.39 is 0 Å². The molecule has 0 spiro atoms. The van der Waals surface area contributed by atoms with Gasteiger partial charge < -0.3 is 16.4 Å². The summed E-state index contributed by atoms with van der Waals surface area (Å²) in [6, 6.07) is 15.7. The maximum atomic E-state index is 11.7. The van der Waals surface area contributed by atoms with Crippen LogP contribution in [0, 0.1) is 12.3 Å². The van der Waals surface area contributed by atoms with Crippen LogP contribution in [0.15, 0.2) is 48.5 Å². The van der Waals surface area contributed by atoms with E-state index in [-0.39, 0.29) is 11.9 Å². The fourth-order valence-electron chi connectivity index (χ4n) is 3.12. The van der Waals surface area contributed by atoms with E-state index >= 15 is 0 Å². The lowest BCUT2D eigenvalue weighted by molar-refractivity contribution is 0.0963. The third-order valence-electron chi connectivity index (χ3n) is 4.58. The van der Waals surface area contributed by atoms with Crippen LogP contribution < -0.4 is 16.4 Å². The third kappa shape index (κ3) is 5.65. The topological polar surface area (TPSA) is 104 Å². The Morgan fingerprint density at radius 2 is 1.72 bits per heavy atom. The molecule has 0 radical (unpaired) electrons. The minimum atomic E-state index is -0.0737. The molecule has 5 N–H and O–H groups in total. The van der Waals surface area contributed by atoms with Gasteiger partial charge in [0.1, 0.15) is 0 Å². The van der Waals surface area contributed by atoms with E-state index in [9.17, 15) is 4.79 Å². The first-order valence-corrected chi connectivity index (χ1v) is 10.2. The van der Waals surface area contributed by atoms with Crippen LogP contribution in [0.2, 0.25) is 0 Å². The summed E-state index contributed by atoms with van der Waals surface area (Å²) in [7, 11) is 1.63. The van der Waals surface area contributed by atoms with Crippen molar-refractivity contribution in [1.29, 1.82) is 5.41 Å². The fourth-order valence-corrected chi connectivity index (χ4v) is 4.14. The van der Waals surface area contributed by atoms with Gasteiger partial charge in [-0.25, -0.2) is 4.98 Å². The Kier molecular flexibility index (Phi) is 6.61. The van der Waals surface area contributed by atoms with E-state index in [0.29, 0.717) is 5.56 Å². The highest BCUT2D eigenvalue weighted by atomic mass is 32.1.